The maximum Gasteiger partial charge on any atom is 0.338 e. The molecule has 0 aliphatic carbocycles. The van der Waals surface area contributed by atoms with Crippen molar-refractivity contribution in [2.75, 3.05) is 7.11 Å². The largest absolute Gasteiger partial charge is 0.466 e. The second-order valence-electron chi connectivity index (χ2n) is 6.65. The van der Waals surface area contributed by atoms with Gasteiger partial charge >= 0.3 is 5.97 Å². The van der Waals surface area contributed by atoms with Gasteiger partial charge in [-0.15, -0.1) is 0 Å². The van der Waals surface area contributed by atoms with Gasteiger partial charge in [0.25, 0.3) is 5.56 Å². The van der Waals surface area contributed by atoms with Gasteiger partial charge in [0.1, 0.15) is 6.04 Å². The van der Waals surface area contributed by atoms with Crippen molar-refractivity contribution in [1.82, 2.24) is 4.57 Å². The van der Waals surface area contributed by atoms with E-state index in [1.807, 2.05) is 36.4 Å². The number of fused-ring (bicyclic) bond motifs is 1. The van der Waals surface area contributed by atoms with Crippen LogP contribution in [0.15, 0.2) is 74.1 Å². The molecule has 2 aromatic carbocycles. The lowest BCUT2D eigenvalue weighted by atomic mass is 9.96. The summed E-state index contributed by atoms with van der Waals surface area (Å²) in [5, 5.41) is 0.459. The van der Waals surface area contributed by atoms with Gasteiger partial charge in [0.05, 0.1) is 22.9 Å². The molecule has 0 N–H and O–H groups in total. The highest BCUT2D eigenvalue weighted by Gasteiger charge is 2.34. The molecule has 0 saturated heterocycles. The molecule has 0 unspecified atom stereocenters. The van der Waals surface area contributed by atoms with E-state index in [4.69, 9.17) is 16.3 Å². The van der Waals surface area contributed by atoms with Gasteiger partial charge in [-0.1, -0.05) is 69.2 Å². The second kappa shape index (κ2) is 8.34. The Labute approximate surface area is 189 Å². The lowest BCUT2D eigenvalue weighted by molar-refractivity contribution is -0.136. The van der Waals surface area contributed by atoms with E-state index in [0.29, 0.717) is 31.2 Å². The van der Waals surface area contributed by atoms with Crippen LogP contribution in [-0.4, -0.2) is 17.6 Å². The zero-order valence-corrected chi connectivity index (χ0v) is 19.2. The van der Waals surface area contributed by atoms with E-state index >= 15 is 0 Å². The number of nitrogens with zero attached hydrogens (tertiary/aromatic N) is 2. The number of esters is 1. The average Bonchev–Trinajstić information content (AvgIpc) is 3.03. The first-order chi connectivity index (χ1) is 14.4. The van der Waals surface area contributed by atoms with E-state index in [9.17, 15) is 9.59 Å². The number of ether oxygens (including phenoxy) is 1. The first kappa shape index (κ1) is 20.8. The van der Waals surface area contributed by atoms with E-state index in [0.717, 1.165) is 10.0 Å². The Bertz CT molecular complexity index is 1360. The van der Waals surface area contributed by atoms with Crippen molar-refractivity contribution in [3.8, 4) is 0 Å². The number of methoxy groups -OCH3 is 1. The maximum atomic E-state index is 13.4. The monoisotopic (exact) mass is 502 g/mol. The molecule has 1 aliphatic heterocycles. The predicted octanol–water partition coefficient (Wildman–Crippen LogP) is 3.82. The van der Waals surface area contributed by atoms with E-state index in [1.54, 1.807) is 25.1 Å². The molecule has 30 heavy (non-hydrogen) atoms. The minimum absolute atomic E-state index is 0.236. The Balaban J connectivity index is 2.00. The molecule has 0 spiro atoms. The van der Waals surface area contributed by atoms with E-state index < -0.39 is 12.0 Å². The number of hydrogen-bond donors (Lipinski definition) is 0. The lowest BCUT2D eigenvalue weighted by Crippen LogP contribution is -2.39. The third-order valence-corrected chi connectivity index (χ3v) is 6.65. The van der Waals surface area contributed by atoms with E-state index in [-0.39, 0.29) is 5.56 Å². The van der Waals surface area contributed by atoms with Crippen LogP contribution in [0.4, 0.5) is 0 Å². The molecule has 4 rings (SSSR count). The first-order valence-electron chi connectivity index (χ1n) is 9.01. The Kier molecular flexibility index (Phi) is 5.77. The molecule has 0 saturated carbocycles. The number of aromatic nitrogens is 1. The van der Waals surface area contributed by atoms with Crippen molar-refractivity contribution >= 4 is 50.9 Å². The fraction of sp³-hybridized carbons (Fsp3) is 0.136. The minimum Gasteiger partial charge on any atom is -0.466 e. The number of rotatable bonds is 3. The molecule has 0 fully saturated rings. The van der Waals surface area contributed by atoms with Crippen LogP contribution in [0.25, 0.3) is 6.08 Å². The Hall–Kier alpha value is -2.48. The third-order valence-electron chi connectivity index (χ3n) is 4.79. The summed E-state index contributed by atoms with van der Waals surface area (Å²) in [6, 6.07) is 14.1. The highest BCUT2D eigenvalue weighted by atomic mass is 79.9. The molecule has 0 amide bonds. The maximum absolute atomic E-state index is 13.4. The van der Waals surface area contributed by atoms with E-state index in [1.165, 1.54) is 23.0 Å². The SMILES string of the molecule is COC(=O)C1=C(C)N=c2s/c(=C\c3ccc(Br)cc3)c(=O)n2[C@@H]1c1ccccc1Cl. The zero-order chi connectivity index (χ0) is 21.4. The van der Waals surface area contributed by atoms with Crippen LogP contribution in [-0.2, 0) is 9.53 Å². The van der Waals surface area contributed by atoms with Crippen LogP contribution in [0.2, 0.25) is 5.02 Å². The molecule has 3 aromatic rings. The molecule has 1 aromatic heterocycles. The van der Waals surface area contributed by atoms with Crippen LogP contribution in [0.5, 0.6) is 0 Å². The molecule has 0 radical (unpaired) electrons. The van der Waals surface area contributed by atoms with Crippen LogP contribution in [0.3, 0.4) is 0 Å². The molecule has 5 nitrogen and oxygen atoms in total. The third kappa shape index (κ3) is 3.69. The molecular weight excluding hydrogens is 488 g/mol. The topological polar surface area (TPSA) is 60.7 Å². The Morgan fingerprint density at radius 1 is 1.23 bits per heavy atom. The lowest BCUT2D eigenvalue weighted by Gasteiger charge is -2.25. The van der Waals surface area contributed by atoms with Gasteiger partial charge < -0.3 is 4.74 Å². The van der Waals surface area contributed by atoms with Crippen molar-refractivity contribution in [3.63, 3.8) is 0 Å². The quantitative estimate of drug-likeness (QED) is 0.511. The molecule has 2 heterocycles. The van der Waals surface area contributed by atoms with Crippen molar-refractivity contribution in [2.24, 2.45) is 4.99 Å². The zero-order valence-electron chi connectivity index (χ0n) is 16.1. The van der Waals surface area contributed by atoms with Crippen LogP contribution < -0.4 is 14.9 Å². The Morgan fingerprint density at radius 3 is 2.60 bits per heavy atom. The molecule has 1 atom stereocenters. The summed E-state index contributed by atoms with van der Waals surface area (Å²) in [5.41, 5.74) is 2.10. The van der Waals surface area contributed by atoms with Gasteiger partial charge in [0.2, 0.25) is 0 Å². The van der Waals surface area contributed by atoms with Crippen molar-refractivity contribution in [2.45, 2.75) is 13.0 Å². The van der Waals surface area contributed by atoms with Crippen LogP contribution in [0, 0.1) is 0 Å². The van der Waals surface area contributed by atoms with Gasteiger partial charge in [-0.3, -0.25) is 9.36 Å². The summed E-state index contributed by atoms with van der Waals surface area (Å²) in [6.45, 7) is 1.74. The normalized spacial score (nSPS) is 16.3. The highest BCUT2D eigenvalue weighted by Crippen LogP contribution is 2.34. The van der Waals surface area contributed by atoms with E-state index in [2.05, 4.69) is 20.9 Å². The number of carbonyl (C=O) groups is 1. The number of benzene rings is 2. The van der Waals surface area contributed by atoms with Gasteiger partial charge in [-0.2, -0.15) is 0 Å². The smallest absolute Gasteiger partial charge is 0.338 e. The fourth-order valence-corrected chi connectivity index (χ4v) is 4.94. The summed E-state index contributed by atoms with van der Waals surface area (Å²) in [6.07, 6.45) is 1.82. The van der Waals surface area contributed by atoms with Gasteiger partial charge in [-0.25, -0.2) is 9.79 Å². The van der Waals surface area contributed by atoms with Crippen molar-refractivity contribution < 1.29 is 9.53 Å². The number of hydrogen-bond acceptors (Lipinski definition) is 5. The standard InChI is InChI=1S/C22H16BrClN2O3S/c1-12-18(21(28)29-2)19(15-5-3-4-6-16(15)24)26-20(27)17(30-22(26)25-12)11-13-7-9-14(23)10-8-13/h3-11,19H,1-2H3/b17-11-/t19-/m1/s1. The number of halogens is 2. The highest BCUT2D eigenvalue weighted by molar-refractivity contribution is 9.10. The molecule has 0 bridgehead atoms. The van der Waals surface area contributed by atoms with Crippen molar-refractivity contribution in [3.05, 3.63) is 100 Å². The summed E-state index contributed by atoms with van der Waals surface area (Å²) >= 11 is 11.1. The van der Waals surface area contributed by atoms with Gasteiger partial charge in [-0.05, 0) is 42.3 Å². The minimum atomic E-state index is -0.713. The molecule has 152 valence electrons. The molecule has 8 heteroatoms. The summed E-state index contributed by atoms with van der Waals surface area (Å²) in [7, 11) is 1.31. The average molecular weight is 504 g/mol. The van der Waals surface area contributed by atoms with Crippen LogP contribution in [0.1, 0.15) is 24.1 Å². The van der Waals surface area contributed by atoms with Crippen LogP contribution >= 0.6 is 38.9 Å². The predicted molar refractivity (Wildman–Crippen MR) is 121 cm³/mol. The number of carbonyl (C=O) groups excluding carboxylic acids is 1. The van der Waals surface area contributed by atoms with Gasteiger partial charge in [0, 0.05) is 9.50 Å². The summed E-state index contributed by atoms with van der Waals surface area (Å²) < 4.78 is 8.00. The van der Waals surface area contributed by atoms with Gasteiger partial charge in [0.15, 0.2) is 4.80 Å². The molecular formula is C22H16BrClN2O3S. The second-order valence-corrected chi connectivity index (χ2v) is 8.98. The molecule has 1 aliphatic rings. The fourth-order valence-electron chi connectivity index (χ4n) is 3.39. The number of thiazole rings is 1. The first-order valence-corrected chi connectivity index (χ1v) is 11.0. The Morgan fingerprint density at radius 2 is 1.93 bits per heavy atom. The van der Waals surface area contributed by atoms with Crippen molar-refractivity contribution in [1.29, 1.82) is 0 Å². The summed E-state index contributed by atoms with van der Waals surface area (Å²) in [4.78, 5) is 31.1. The summed E-state index contributed by atoms with van der Waals surface area (Å²) in [5.74, 6) is -0.539. The number of allylic oxidation sites excluding steroid dienone is 1.